The summed E-state index contributed by atoms with van der Waals surface area (Å²) < 4.78 is 44.5. The molecule has 0 radical (unpaired) electrons. The number of nitrogens with zero attached hydrogens (tertiary/aromatic N) is 2. The summed E-state index contributed by atoms with van der Waals surface area (Å²) in [6, 6.07) is 21.3. The summed E-state index contributed by atoms with van der Waals surface area (Å²) in [4.78, 5) is 19.9. The Morgan fingerprint density at radius 1 is 0.895 bits per heavy atom. The van der Waals surface area contributed by atoms with Crippen LogP contribution >= 0.6 is 0 Å². The zero-order valence-electron chi connectivity index (χ0n) is 19.5. The molecular formula is C28H18F3N5O2. The number of amides is 1. The van der Waals surface area contributed by atoms with Crippen LogP contribution in [0.4, 0.5) is 30.2 Å². The minimum Gasteiger partial charge on any atom is -0.362 e. The molecule has 0 aliphatic carbocycles. The van der Waals surface area contributed by atoms with Crippen molar-refractivity contribution in [3.63, 3.8) is 0 Å². The second kappa shape index (κ2) is 9.07. The monoisotopic (exact) mass is 513 g/mol. The predicted octanol–water partition coefficient (Wildman–Crippen LogP) is 6.99. The summed E-state index contributed by atoms with van der Waals surface area (Å²) in [6.07, 6.45) is -0.874. The Morgan fingerprint density at radius 3 is 2.53 bits per heavy atom. The molecule has 10 heteroatoms. The van der Waals surface area contributed by atoms with E-state index in [1.54, 1.807) is 30.5 Å². The molecule has 0 atom stereocenters. The SMILES string of the molecule is O=C1Nc2cc(Nc3cccc(-c4nc(-c5cccc(C(F)(F)F)c5)no4)c3)ccc2/C1=C/c1ccc[nH]1. The van der Waals surface area contributed by atoms with E-state index in [4.69, 9.17) is 4.52 Å². The molecule has 188 valence electrons. The van der Waals surface area contributed by atoms with Crippen LogP contribution in [-0.4, -0.2) is 21.0 Å². The van der Waals surface area contributed by atoms with Crippen molar-refractivity contribution >= 4 is 34.6 Å². The highest BCUT2D eigenvalue weighted by Crippen LogP contribution is 2.36. The van der Waals surface area contributed by atoms with Crippen molar-refractivity contribution in [1.82, 2.24) is 15.1 Å². The second-order valence-electron chi connectivity index (χ2n) is 8.61. The van der Waals surface area contributed by atoms with Gasteiger partial charge in [-0.15, -0.1) is 0 Å². The van der Waals surface area contributed by atoms with E-state index in [1.807, 2.05) is 36.4 Å². The van der Waals surface area contributed by atoms with Gasteiger partial charge in [-0.1, -0.05) is 29.4 Å². The fourth-order valence-corrected chi connectivity index (χ4v) is 4.19. The highest BCUT2D eigenvalue weighted by molar-refractivity contribution is 6.35. The van der Waals surface area contributed by atoms with E-state index in [0.717, 1.165) is 29.1 Å². The highest BCUT2D eigenvalue weighted by Gasteiger charge is 2.31. The zero-order valence-corrected chi connectivity index (χ0v) is 19.5. The first-order chi connectivity index (χ1) is 18.3. The predicted molar refractivity (Wildman–Crippen MR) is 137 cm³/mol. The minimum absolute atomic E-state index is 0.0574. The van der Waals surface area contributed by atoms with Crippen LogP contribution in [0.1, 0.15) is 16.8 Å². The van der Waals surface area contributed by atoms with Crippen LogP contribution in [0.3, 0.4) is 0 Å². The topological polar surface area (TPSA) is 95.8 Å². The van der Waals surface area contributed by atoms with Crippen LogP contribution in [-0.2, 0) is 11.0 Å². The van der Waals surface area contributed by atoms with Gasteiger partial charge in [0.1, 0.15) is 0 Å². The summed E-state index contributed by atoms with van der Waals surface area (Å²) in [6.45, 7) is 0. The molecule has 0 saturated carbocycles. The number of fused-ring (bicyclic) bond motifs is 1. The first kappa shape index (κ1) is 23.3. The molecule has 5 aromatic rings. The van der Waals surface area contributed by atoms with Gasteiger partial charge in [-0.25, -0.2) is 0 Å². The fourth-order valence-electron chi connectivity index (χ4n) is 4.19. The van der Waals surface area contributed by atoms with Gasteiger partial charge in [0.2, 0.25) is 5.82 Å². The summed E-state index contributed by atoms with van der Waals surface area (Å²) in [7, 11) is 0. The number of H-pyrrole nitrogens is 1. The maximum Gasteiger partial charge on any atom is 0.416 e. The number of hydrogen-bond donors (Lipinski definition) is 3. The molecule has 0 bridgehead atoms. The van der Waals surface area contributed by atoms with Gasteiger partial charge in [0.25, 0.3) is 11.8 Å². The van der Waals surface area contributed by atoms with Gasteiger partial charge in [-0.3, -0.25) is 4.79 Å². The standard InChI is InChI=1S/C28H18F3N5O2/c29-28(30,31)18-6-1-4-16(12-18)25-35-27(38-36-25)17-5-2-7-20(13-17)33-21-9-10-22-23(14-19-8-3-11-32-19)26(37)34-24(22)15-21/h1-15,32-33H,(H,34,37)/b23-14-. The Hall–Kier alpha value is -5.12. The molecule has 1 aliphatic rings. The Balaban J connectivity index is 1.23. The first-order valence-electron chi connectivity index (χ1n) is 11.5. The smallest absolute Gasteiger partial charge is 0.362 e. The molecule has 0 unspecified atom stereocenters. The van der Waals surface area contributed by atoms with Gasteiger partial charge < -0.3 is 20.1 Å². The number of benzene rings is 3. The number of aromatic nitrogens is 3. The Kier molecular flexibility index (Phi) is 5.56. The molecule has 3 aromatic carbocycles. The molecule has 1 amide bonds. The van der Waals surface area contributed by atoms with Crippen molar-refractivity contribution < 1.29 is 22.5 Å². The molecular weight excluding hydrogens is 495 g/mol. The molecule has 0 saturated heterocycles. The minimum atomic E-state index is -4.47. The third kappa shape index (κ3) is 4.55. The average molecular weight is 513 g/mol. The number of carbonyl (C=O) groups excluding carboxylic acids is 1. The molecule has 0 spiro atoms. The zero-order chi connectivity index (χ0) is 26.3. The van der Waals surface area contributed by atoms with Crippen LogP contribution < -0.4 is 10.6 Å². The van der Waals surface area contributed by atoms with Crippen LogP contribution in [0.5, 0.6) is 0 Å². The number of alkyl halides is 3. The van der Waals surface area contributed by atoms with Gasteiger partial charge in [0.05, 0.1) is 16.8 Å². The van der Waals surface area contributed by atoms with E-state index in [0.29, 0.717) is 22.5 Å². The summed E-state index contributed by atoms with van der Waals surface area (Å²) >= 11 is 0. The lowest BCUT2D eigenvalue weighted by molar-refractivity contribution is -0.137. The number of anilines is 3. The normalized spacial score (nSPS) is 14.0. The van der Waals surface area contributed by atoms with E-state index in [-0.39, 0.29) is 23.2 Å². The van der Waals surface area contributed by atoms with Crippen molar-refractivity contribution in [3.8, 4) is 22.8 Å². The highest BCUT2D eigenvalue weighted by atomic mass is 19.4. The average Bonchev–Trinajstić information content (AvgIpc) is 3.65. The number of nitrogens with one attached hydrogen (secondary N) is 3. The lowest BCUT2D eigenvalue weighted by Gasteiger charge is -2.09. The van der Waals surface area contributed by atoms with Crippen LogP contribution in [0.15, 0.2) is 89.6 Å². The van der Waals surface area contributed by atoms with E-state index < -0.39 is 11.7 Å². The number of rotatable bonds is 5. The molecule has 3 N–H and O–H groups in total. The van der Waals surface area contributed by atoms with Crippen LogP contribution in [0, 0.1) is 0 Å². The van der Waals surface area contributed by atoms with E-state index >= 15 is 0 Å². The maximum atomic E-state index is 13.1. The lowest BCUT2D eigenvalue weighted by Crippen LogP contribution is -2.04. The summed E-state index contributed by atoms with van der Waals surface area (Å²) in [5.74, 6) is 0.0464. The van der Waals surface area contributed by atoms with Crippen LogP contribution in [0.2, 0.25) is 0 Å². The Bertz CT molecular complexity index is 1690. The molecule has 2 aromatic heterocycles. The van der Waals surface area contributed by atoms with Gasteiger partial charge in [-0.2, -0.15) is 18.2 Å². The van der Waals surface area contributed by atoms with Crippen molar-refractivity contribution in [2.45, 2.75) is 6.18 Å². The first-order valence-corrected chi connectivity index (χ1v) is 11.5. The van der Waals surface area contributed by atoms with E-state index in [1.165, 1.54) is 12.1 Å². The van der Waals surface area contributed by atoms with Crippen molar-refractivity contribution in [2.75, 3.05) is 10.6 Å². The van der Waals surface area contributed by atoms with Crippen molar-refractivity contribution in [3.05, 3.63) is 102 Å². The van der Waals surface area contributed by atoms with E-state index in [9.17, 15) is 18.0 Å². The third-order valence-electron chi connectivity index (χ3n) is 6.00. The Labute approximate surface area is 214 Å². The van der Waals surface area contributed by atoms with Gasteiger partial charge in [0, 0.05) is 40.0 Å². The van der Waals surface area contributed by atoms with Gasteiger partial charge in [-0.05, 0) is 60.7 Å². The quantitative estimate of drug-likeness (QED) is 0.220. The van der Waals surface area contributed by atoms with Crippen molar-refractivity contribution in [1.29, 1.82) is 0 Å². The largest absolute Gasteiger partial charge is 0.416 e. The summed E-state index contributed by atoms with van der Waals surface area (Å²) in [5, 5.41) is 10.0. The molecule has 7 nitrogen and oxygen atoms in total. The lowest BCUT2D eigenvalue weighted by atomic mass is 10.1. The number of aromatic amines is 1. The molecule has 3 heterocycles. The maximum absolute atomic E-state index is 13.1. The van der Waals surface area contributed by atoms with E-state index in [2.05, 4.69) is 25.8 Å². The second-order valence-corrected chi connectivity index (χ2v) is 8.61. The third-order valence-corrected chi connectivity index (χ3v) is 6.00. The molecule has 38 heavy (non-hydrogen) atoms. The van der Waals surface area contributed by atoms with Crippen molar-refractivity contribution in [2.24, 2.45) is 0 Å². The summed E-state index contributed by atoms with van der Waals surface area (Å²) in [5.41, 5.74) is 4.37. The number of carbonyl (C=O) groups is 1. The van der Waals surface area contributed by atoms with Gasteiger partial charge in [0.15, 0.2) is 0 Å². The van der Waals surface area contributed by atoms with Crippen LogP contribution in [0.25, 0.3) is 34.5 Å². The fraction of sp³-hybridized carbons (Fsp3) is 0.0357. The molecule has 1 aliphatic heterocycles. The Morgan fingerprint density at radius 2 is 1.71 bits per heavy atom. The molecule has 6 rings (SSSR count). The number of halogens is 3. The molecule has 0 fully saturated rings. The van der Waals surface area contributed by atoms with Gasteiger partial charge >= 0.3 is 6.18 Å². The number of hydrogen-bond acceptors (Lipinski definition) is 5.